The molecule has 0 aromatic carbocycles. The lowest BCUT2D eigenvalue weighted by Gasteiger charge is -2.47. The summed E-state index contributed by atoms with van der Waals surface area (Å²) in [4.78, 5) is 74.1. The van der Waals surface area contributed by atoms with Gasteiger partial charge >= 0.3 is 29.8 Å². The largest absolute Gasteiger partial charge is 0.459 e. The van der Waals surface area contributed by atoms with Crippen LogP contribution in [0.15, 0.2) is 46.6 Å². The van der Waals surface area contributed by atoms with E-state index in [0.717, 1.165) is 103 Å². The van der Waals surface area contributed by atoms with Crippen molar-refractivity contribution in [2.24, 2.45) is 47.3 Å². The molecule has 148 heavy (non-hydrogen) atoms. The highest BCUT2D eigenvalue weighted by molar-refractivity contribution is 5.89. The summed E-state index contributed by atoms with van der Waals surface area (Å²) < 4.78 is 52.3. The van der Waals surface area contributed by atoms with Crippen molar-refractivity contribution >= 4 is 29.8 Å². The first kappa shape index (κ1) is 140. The third-order valence-corrected chi connectivity index (χ3v) is 32.3. The van der Waals surface area contributed by atoms with Crippen LogP contribution in [0.2, 0.25) is 0 Å². The third kappa shape index (κ3) is 75.1. The van der Waals surface area contributed by atoms with E-state index < -0.39 is 104 Å². The Hall–Kier alpha value is -3.93. The normalized spacial score (nSPS) is 20.2. The second kappa shape index (κ2) is 96.4. The van der Waals surface area contributed by atoms with E-state index in [9.17, 15) is 29.7 Å². The van der Waals surface area contributed by atoms with Gasteiger partial charge in [0.05, 0.1) is 6.61 Å². The predicted octanol–water partition coefficient (Wildman–Crippen LogP) is 38.3. The molecule has 0 spiro atoms. The summed E-state index contributed by atoms with van der Waals surface area (Å²) in [6, 6.07) is 0. The summed E-state index contributed by atoms with van der Waals surface area (Å²) in [5, 5.41) is 37.5. The minimum absolute atomic E-state index is 0.00129. The van der Waals surface area contributed by atoms with Crippen LogP contribution in [0.3, 0.4) is 0 Å². The number of hydrogen-bond donors (Lipinski definition) is 3. The number of aliphatic hydroxyl groups excluding tert-OH is 3. The highest BCUT2D eigenvalue weighted by Crippen LogP contribution is 2.37. The zero-order valence-electron chi connectivity index (χ0n) is 100. The maximum Gasteiger partial charge on any atom is 0.333 e. The Morgan fingerprint density at radius 2 is 0.459 bits per heavy atom. The number of carbonyl (C=O) groups excluding carboxylic acids is 5. The predicted molar refractivity (Wildman–Crippen MR) is 623 cm³/mol. The summed E-state index contributed by atoms with van der Waals surface area (Å²) in [5.74, 6) is -2.17. The molecule has 16 heteroatoms. The first-order valence-corrected chi connectivity index (χ1v) is 64.4. The standard InChI is InChI=1S/C132H244O16/c1-18-23-28-33-38-43-48-53-57-59-64-68-73-78-83-88-93-108(8)98-112(12)102-116(16)129(139)146-124-121(135)119(105-141-127(137)114(14)100-110(10)96-106(6)91-86-81-76-71-66-62-55-50-45-40-35-30-25-20-3)143-132(126(124)144-120(134)95-90-85-80-75-70-61-52-47-42-37-32-27-22-5)148-131-125(147-130(140)117(17)103-113(13)99-109(9)94-89-84-79-74-69-65-60-58-54-49-44-39-34-29-24-19-2)122(136)123(118(104-133)142-131)145-128(138)115(15)101-111(11)97-107(7)92-87-82-77-72-67-63-56-51-46-41-36-31-26-21-4/h100-103,106-113,118-119,121-126,131-133,135-136H,18-99,104-105H2,1-17H3/b114-100+,115-101+,116-102+,117-103+/t106-,107-,108-,109-,110-,111-,112-,113-,118?,119?,121+,122?,123+,124?,125-,126+,131+,132+/m0/s1. The number of carbonyl (C=O) groups is 5. The molecule has 2 rings (SSSR count). The van der Waals surface area contributed by atoms with Gasteiger partial charge in [0.2, 0.25) is 12.6 Å². The van der Waals surface area contributed by atoms with Crippen LogP contribution in [0.5, 0.6) is 0 Å². The van der Waals surface area contributed by atoms with Crippen molar-refractivity contribution in [2.75, 3.05) is 13.2 Å². The number of allylic oxidation sites excluding steroid dienone is 4. The molecule has 0 saturated carbocycles. The zero-order chi connectivity index (χ0) is 108. The highest BCUT2D eigenvalue weighted by Gasteiger charge is 2.56. The highest BCUT2D eigenvalue weighted by atomic mass is 16.8. The lowest BCUT2D eigenvalue weighted by Crippen LogP contribution is -2.66. The van der Waals surface area contributed by atoms with Crippen molar-refractivity contribution < 1.29 is 77.2 Å². The number of hydrogen-bond acceptors (Lipinski definition) is 16. The number of rotatable bonds is 103. The summed E-state index contributed by atoms with van der Waals surface area (Å²) in [6.07, 6.45) is 90.9. The summed E-state index contributed by atoms with van der Waals surface area (Å²) in [6.45, 7) is 34.2. The van der Waals surface area contributed by atoms with Crippen LogP contribution in [-0.4, -0.2) is 120 Å². The van der Waals surface area contributed by atoms with Gasteiger partial charge in [0, 0.05) is 28.7 Å². The molecule has 868 valence electrons. The molecule has 0 aromatic heterocycles. The van der Waals surface area contributed by atoms with Crippen molar-refractivity contribution in [3.05, 3.63) is 46.6 Å². The third-order valence-electron chi connectivity index (χ3n) is 32.3. The van der Waals surface area contributed by atoms with Gasteiger partial charge in [-0.3, -0.25) is 4.79 Å². The maximum absolute atomic E-state index is 15.1. The molecule has 16 nitrogen and oxygen atoms in total. The van der Waals surface area contributed by atoms with Crippen molar-refractivity contribution in [3.63, 3.8) is 0 Å². The molecule has 0 radical (unpaired) electrons. The molecular weight excluding hydrogens is 1840 g/mol. The number of esters is 5. The van der Waals surface area contributed by atoms with Gasteiger partial charge in [-0.15, -0.1) is 0 Å². The second-order valence-corrected chi connectivity index (χ2v) is 48.2. The summed E-state index contributed by atoms with van der Waals surface area (Å²) in [5.41, 5.74) is 1.18. The van der Waals surface area contributed by atoms with Gasteiger partial charge in [0.25, 0.3) is 0 Å². The Balaban J connectivity index is 2.70. The van der Waals surface area contributed by atoms with Crippen LogP contribution in [0, 0.1) is 47.3 Å². The molecule has 0 aliphatic carbocycles. The van der Waals surface area contributed by atoms with Gasteiger partial charge in [-0.2, -0.15) is 0 Å². The van der Waals surface area contributed by atoms with Crippen molar-refractivity contribution in [3.8, 4) is 0 Å². The smallest absolute Gasteiger partial charge is 0.333 e. The molecule has 0 bridgehead atoms. The zero-order valence-corrected chi connectivity index (χ0v) is 100. The topological polar surface area (TPSA) is 220 Å². The Morgan fingerprint density at radius 3 is 0.709 bits per heavy atom. The Kier molecular flexibility index (Phi) is 91.3. The van der Waals surface area contributed by atoms with Gasteiger partial charge in [-0.25, -0.2) is 19.2 Å². The van der Waals surface area contributed by atoms with Gasteiger partial charge in [-0.05, 0) is 107 Å². The van der Waals surface area contributed by atoms with Crippen LogP contribution in [0.25, 0.3) is 0 Å². The van der Waals surface area contributed by atoms with E-state index in [2.05, 4.69) is 90.0 Å². The molecule has 0 aromatic rings. The van der Waals surface area contributed by atoms with Crippen molar-refractivity contribution in [1.82, 2.24) is 0 Å². The fourth-order valence-corrected chi connectivity index (χ4v) is 23.1. The molecule has 18 atom stereocenters. The molecule has 3 N–H and O–H groups in total. The molecule has 2 heterocycles. The average molecular weight is 2090 g/mol. The number of unbranched alkanes of at least 4 members (excludes halogenated alkanes) is 68. The Labute approximate surface area is 914 Å². The van der Waals surface area contributed by atoms with E-state index >= 15 is 9.59 Å². The van der Waals surface area contributed by atoms with E-state index in [4.69, 9.17) is 37.9 Å². The van der Waals surface area contributed by atoms with Gasteiger partial charge in [-0.1, -0.05) is 602 Å². The van der Waals surface area contributed by atoms with Crippen LogP contribution in [-0.2, 0) is 61.9 Å². The Morgan fingerprint density at radius 1 is 0.250 bits per heavy atom. The van der Waals surface area contributed by atoms with Gasteiger partial charge in [0.15, 0.2) is 24.4 Å². The van der Waals surface area contributed by atoms with Crippen molar-refractivity contribution in [1.29, 1.82) is 0 Å². The molecule has 2 fully saturated rings. The SMILES string of the molecule is CCCCCCCCCCCCCCCCCC[C@H](C)C[C@H](C)/C=C(\C)C(=O)OC1[C@H](O)C(COC(=O)/C(C)=C/[C@@H](C)C[C@@H](C)CCCCCCCCCCCCCCCC)O[C@H](O[C@H]2OC(CO)[C@@H](OC(=O)/C(C)=C/[C@@H](C)C[C@@H](C)CCCCCCCCCCCCCCCC)C(O)[C@@H]2OC(=O)/C(C)=C/[C@@H](C)C[C@@H](C)CCCCCCCCCCCCCCCCCC)[C@@H]1OC(=O)CCCCCCCCCCCCCCC. The Bertz CT molecular complexity index is 3230. The fraction of sp³-hybridized carbons (Fsp3) is 0.902. The van der Waals surface area contributed by atoms with E-state index in [0.29, 0.717) is 41.2 Å². The van der Waals surface area contributed by atoms with Crippen molar-refractivity contribution in [2.45, 2.75) is 706 Å². The number of aliphatic hydroxyl groups is 3. The van der Waals surface area contributed by atoms with E-state index in [1.165, 1.54) is 411 Å². The minimum Gasteiger partial charge on any atom is -0.459 e. The lowest BCUT2D eigenvalue weighted by atomic mass is 9.91. The van der Waals surface area contributed by atoms with Crippen LogP contribution < -0.4 is 0 Å². The molecule has 2 aliphatic heterocycles. The first-order valence-electron chi connectivity index (χ1n) is 64.4. The van der Waals surface area contributed by atoms with E-state index in [-0.39, 0.29) is 41.2 Å². The average Bonchev–Trinajstić information content (AvgIpc) is 0.769. The molecule has 2 saturated heterocycles. The van der Waals surface area contributed by atoms with Crippen LogP contribution >= 0.6 is 0 Å². The monoisotopic (exact) mass is 2090 g/mol. The fourth-order valence-electron chi connectivity index (χ4n) is 23.1. The molecule has 0 amide bonds. The van der Waals surface area contributed by atoms with Gasteiger partial charge in [0.1, 0.15) is 31.0 Å². The quantitative estimate of drug-likeness (QED) is 0.0223. The maximum atomic E-state index is 15.1. The van der Waals surface area contributed by atoms with Crippen LogP contribution in [0.1, 0.15) is 644 Å². The first-order chi connectivity index (χ1) is 71.7. The summed E-state index contributed by atoms with van der Waals surface area (Å²) >= 11 is 0. The van der Waals surface area contributed by atoms with Gasteiger partial charge < -0.3 is 53.2 Å². The second-order valence-electron chi connectivity index (χ2n) is 48.2. The molecular formula is C132H244O16. The molecule has 2 aliphatic rings. The minimum atomic E-state index is -1.92. The van der Waals surface area contributed by atoms with E-state index in [1.54, 1.807) is 27.7 Å². The van der Waals surface area contributed by atoms with Crippen LogP contribution in [0.4, 0.5) is 0 Å². The summed E-state index contributed by atoms with van der Waals surface area (Å²) in [7, 11) is 0. The van der Waals surface area contributed by atoms with E-state index in [1.807, 2.05) is 24.3 Å². The molecule has 4 unspecified atom stereocenters. The lowest BCUT2D eigenvalue weighted by molar-refractivity contribution is -0.377. The number of ether oxygens (including phenoxy) is 8.